The molecule has 0 saturated heterocycles. The van der Waals surface area contributed by atoms with E-state index in [0.717, 1.165) is 0 Å². The fraction of sp³-hybridized carbons (Fsp3) is 0.533. The first-order valence-electron chi connectivity index (χ1n) is 7.45. The highest BCUT2D eigenvalue weighted by molar-refractivity contribution is 6.02. The second-order valence-corrected chi connectivity index (χ2v) is 6.85. The molecule has 0 spiro atoms. The predicted octanol–water partition coefficient (Wildman–Crippen LogP) is 3.07. The Balaban J connectivity index is 2.15. The molecule has 0 amide bonds. The van der Waals surface area contributed by atoms with E-state index in [4.69, 9.17) is 0 Å². The van der Waals surface area contributed by atoms with Crippen molar-refractivity contribution in [1.82, 2.24) is 10.3 Å². The van der Waals surface area contributed by atoms with Crippen LogP contribution in [0.4, 0.5) is 30.7 Å². The van der Waals surface area contributed by atoms with Crippen LogP contribution in [0.5, 0.6) is 0 Å². The zero-order valence-electron chi connectivity index (χ0n) is 13.5. The molecule has 4 nitrogen and oxygen atoms in total. The summed E-state index contributed by atoms with van der Waals surface area (Å²) in [5.74, 6) is -16.8. The number of fused-ring (bicyclic) bond motifs is 3. The monoisotopic (exact) mass is 385 g/mol. The van der Waals surface area contributed by atoms with Crippen LogP contribution in [0.2, 0.25) is 0 Å². The first kappa shape index (κ1) is 18.7. The smallest absolute Gasteiger partial charge is 0.348 e. The second kappa shape index (κ2) is 5.02. The molecule has 3 rings (SSSR count). The highest BCUT2D eigenvalue weighted by Gasteiger charge is 2.83. The maximum atomic E-state index is 14.4. The van der Waals surface area contributed by atoms with Gasteiger partial charge in [0.05, 0.1) is 0 Å². The van der Waals surface area contributed by atoms with Gasteiger partial charge in [-0.25, -0.2) is 0 Å². The first-order chi connectivity index (χ1) is 11.7. The third kappa shape index (κ3) is 2.15. The Morgan fingerprint density at radius 3 is 2.23 bits per heavy atom. The summed E-state index contributed by atoms with van der Waals surface area (Å²) in [5.41, 5.74) is 0.876. The molecule has 1 aromatic carbocycles. The lowest BCUT2D eigenvalue weighted by Crippen LogP contribution is -2.77. The molecule has 26 heavy (non-hydrogen) atoms. The molecule has 0 saturated carbocycles. The predicted molar refractivity (Wildman–Crippen MR) is 76.6 cm³/mol. The normalized spacial score (nSPS) is 25.3. The van der Waals surface area contributed by atoms with E-state index in [1.165, 1.54) is 31.4 Å². The summed E-state index contributed by atoms with van der Waals surface area (Å²) < 4.78 is 93.6. The molecule has 0 aromatic heterocycles. The van der Waals surface area contributed by atoms with Crippen LogP contribution < -0.4 is 5.43 Å². The number of alkyl halides is 7. The molecule has 2 aliphatic heterocycles. The van der Waals surface area contributed by atoms with Crippen LogP contribution in [-0.4, -0.2) is 45.3 Å². The molecule has 0 bridgehead atoms. The van der Waals surface area contributed by atoms with Gasteiger partial charge in [-0.3, -0.25) is 10.3 Å². The van der Waals surface area contributed by atoms with Crippen LogP contribution in [0.15, 0.2) is 29.4 Å². The minimum Gasteiger partial charge on any atom is -0.348 e. The Bertz CT molecular complexity index is 775. The van der Waals surface area contributed by atoms with Gasteiger partial charge in [0, 0.05) is 11.1 Å². The molecule has 2 aliphatic rings. The summed E-state index contributed by atoms with van der Waals surface area (Å²) in [7, 11) is 0. The van der Waals surface area contributed by atoms with Crippen molar-refractivity contribution >= 4 is 5.84 Å². The maximum absolute atomic E-state index is 14.4. The standard InChI is InChI=1S/C15H14F7N3O/c1-11(2)7-8-5-3-4-6-9(8)10-23-24-15(26,25(10)11)13(18,19)12(16,17)14(20,21)22/h3-6,24,26H,7H2,1-2H3/t15-/m1/s1. The molecule has 0 radical (unpaired) electrons. The quantitative estimate of drug-likeness (QED) is 0.770. The fourth-order valence-electron chi connectivity index (χ4n) is 3.33. The number of aliphatic hydroxyl groups is 1. The summed E-state index contributed by atoms with van der Waals surface area (Å²) in [6, 6.07) is 6.28. The zero-order chi connectivity index (χ0) is 19.8. The number of halogens is 7. The SMILES string of the molecule is CC1(C)Cc2ccccc2C2=NN[C@](O)(C(F)(F)C(F)(F)C(F)(F)F)N21. The molecule has 0 aliphatic carbocycles. The largest absolute Gasteiger partial charge is 0.460 e. The van der Waals surface area contributed by atoms with Gasteiger partial charge in [0.15, 0.2) is 5.84 Å². The van der Waals surface area contributed by atoms with E-state index in [1.54, 1.807) is 12.1 Å². The average Bonchev–Trinajstić information content (AvgIpc) is 2.86. The Labute approximate surface area is 143 Å². The molecule has 0 fully saturated rings. The molecule has 2 N–H and O–H groups in total. The topological polar surface area (TPSA) is 47.9 Å². The number of nitrogens with zero attached hydrogens (tertiary/aromatic N) is 2. The van der Waals surface area contributed by atoms with E-state index in [0.29, 0.717) is 10.5 Å². The van der Waals surface area contributed by atoms with Gasteiger partial charge in [0.2, 0.25) is 0 Å². The molecule has 1 aromatic rings. The summed E-state index contributed by atoms with van der Waals surface area (Å²) in [6.45, 7) is 2.66. The number of amidine groups is 1. The van der Waals surface area contributed by atoms with Gasteiger partial charge in [-0.1, -0.05) is 24.3 Å². The van der Waals surface area contributed by atoms with Gasteiger partial charge in [0.25, 0.3) is 0 Å². The van der Waals surface area contributed by atoms with Crippen LogP contribution in [0.3, 0.4) is 0 Å². The molecular formula is C15H14F7N3O. The van der Waals surface area contributed by atoms with E-state index in [9.17, 15) is 35.8 Å². The van der Waals surface area contributed by atoms with Gasteiger partial charge >= 0.3 is 23.9 Å². The minimum atomic E-state index is -6.57. The van der Waals surface area contributed by atoms with E-state index < -0.39 is 29.4 Å². The highest BCUT2D eigenvalue weighted by Crippen LogP contribution is 2.54. The van der Waals surface area contributed by atoms with E-state index in [-0.39, 0.29) is 17.8 Å². The first-order valence-corrected chi connectivity index (χ1v) is 7.45. The summed E-state index contributed by atoms with van der Waals surface area (Å²) >= 11 is 0. The van der Waals surface area contributed by atoms with Crippen molar-refractivity contribution in [2.75, 3.05) is 0 Å². The van der Waals surface area contributed by atoms with Crippen LogP contribution in [0, 0.1) is 0 Å². The summed E-state index contributed by atoms with van der Waals surface area (Å²) in [5, 5.41) is 13.8. The lowest BCUT2D eigenvalue weighted by molar-refractivity contribution is -0.409. The third-order valence-electron chi connectivity index (χ3n) is 4.53. The van der Waals surface area contributed by atoms with Crippen molar-refractivity contribution in [3.63, 3.8) is 0 Å². The van der Waals surface area contributed by atoms with Gasteiger partial charge in [0.1, 0.15) is 0 Å². The Kier molecular flexibility index (Phi) is 3.62. The number of hydrazone groups is 1. The van der Waals surface area contributed by atoms with Crippen molar-refractivity contribution in [3.05, 3.63) is 35.4 Å². The number of rotatable bonds is 2. The number of nitrogens with one attached hydrogen (secondary N) is 1. The van der Waals surface area contributed by atoms with Gasteiger partial charge < -0.3 is 5.11 Å². The lowest BCUT2D eigenvalue weighted by Gasteiger charge is -2.51. The van der Waals surface area contributed by atoms with Crippen molar-refractivity contribution in [1.29, 1.82) is 0 Å². The Morgan fingerprint density at radius 1 is 1.08 bits per heavy atom. The van der Waals surface area contributed by atoms with Crippen LogP contribution in [0.1, 0.15) is 25.0 Å². The minimum absolute atomic E-state index is 0.0137. The maximum Gasteiger partial charge on any atom is 0.460 e. The van der Waals surface area contributed by atoms with E-state index in [2.05, 4.69) is 5.10 Å². The van der Waals surface area contributed by atoms with Gasteiger partial charge in [-0.05, 0) is 25.8 Å². The average molecular weight is 385 g/mol. The number of hydrogen-bond acceptors (Lipinski definition) is 4. The van der Waals surface area contributed by atoms with Gasteiger partial charge in [-0.2, -0.15) is 35.8 Å². The van der Waals surface area contributed by atoms with Crippen molar-refractivity contribution < 1.29 is 35.8 Å². The molecule has 0 unspecified atom stereocenters. The lowest BCUT2D eigenvalue weighted by atomic mass is 9.83. The number of hydrogen-bond donors (Lipinski definition) is 2. The summed E-state index contributed by atoms with van der Waals surface area (Å²) in [4.78, 5) is 0.391. The molecule has 144 valence electrons. The van der Waals surface area contributed by atoms with E-state index >= 15 is 0 Å². The Morgan fingerprint density at radius 2 is 1.65 bits per heavy atom. The molecule has 11 heteroatoms. The molecular weight excluding hydrogens is 371 g/mol. The second-order valence-electron chi connectivity index (χ2n) is 6.85. The highest BCUT2D eigenvalue weighted by atomic mass is 19.4. The van der Waals surface area contributed by atoms with Crippen LogP contribution >= 0.6 is 0 Å². The van der Waals surface area contributed by atoms with E-state index in [1.807, 2.05) is 0 Å². The van der Waals surface area contributed by atoms with Crippen molar-refractivity contribution in [3.8, 4) is 0 Å². The Hall–Kier alpha value is -2.04. The number of benzene rings is 1. The zero-order valence-corrected chi connectivity index (χ0v) is 13.5. The summed E-state index contributed by atoms with van der Waals surface area (Å²) in [6.07, 6.45) is -6.56. The van der Waals surface area contributed by atoms with Crippen molar-refractivity contribution in [2.45, 2.75) is 49.7 Å². The fourth-order valence-corrected chi connectivity index (χ4v) is 3.33. The molecule has 1 atom stereocenters. The van der Waals surface area contributed by atoms with Crippen molar-refractivity contribution in [2.24, 2.45) is 5.10 Å². The molecule has 2 heterocycles. The third-order valence-corrected chi connectivity index (χ3v) is 4.53. The van der Waals surface area contributed by atoms with Crippen LogP contribution in [-0.2, 0) is 6.42 Å². The van der Waals surface area contributed by atoms with Gasteiger partial charge in [-0.15, -0.1) is 0 Å². The van der Waals surface area contributed by atoms with Crippen LogP contribution in [0.25, 0.3) is 0 Å².